The summed E-state index contributed by atoms with van der Waals surface area (Å²) in [5.41, 5.74) is 8.55. The highest BCUT2D eigenvalue weighted by molar-refractivity contribution is 6.03. The number of urea groups is 1. The molecule has 0 bridgehead atoms. The van der Waals surface area contributed by atoms with Gasteiger partial charge in [0.2, 0.25) is 0 Å². The Kier molecular flexibility index (Phi) is 6.30. The first-order valence-electron chi connectivity index (χ1n) is 10.6. The molecule has 33 heavy (non-hydrogen) atoms. The Morgan fingerprint density at radius 1 is 0.909 bits per heavy atom. The molecular formula is C24H24N6O3. The Morgan fingerprint density at radius 3 is 2.18 bits per heavy atom. The van der Waals surface area contributed by atoms with E-state index in [-0.39, 0.29) is 17.5 Å². The van der Waals surface area contributed by atoms with Gasteiger partial charge in [0.05, 0.1) is 17.6 Å². The lowest BCUT2D eigenvalue weighted by Gasteiger charge is -2.33. The van der Waals surface area contributed by atoms with Crippen molar-refractivity contribution in [1.29, 1.82) is 0 Å². The molecule has 1 saturated heterocycles. The van der Waals surface area contributed by atoms with Crippen molar-refractivity contribution >= 4 is 23.5 Å². The zero-order valence-electron chi connectivity index (χ0n) is 18.2. The minimum Gasteiger partial charge on any atom is -0.351 e. The number of rotatable bonds is 4. The zero-order chi connectivity index (χ0) is 23.4. The molecule has 3 aromatic rings. The molecule has 0 atom stereocenters. The van der Waals surface area contributed by atoms with Crippen molar-refractivity contribution in [3.63, 3.8) is 0 Å². The second-order valence-corrected chi connectivity index (χ2v) is 7.70. The van der Waals surface area contributed by atoms with E-state index in [9.17, 15) is 14.4 Å². The Bertz CT molecular complexity index is 1170. The van der Waals surface area contributed by atoms with Crippen LogP contribution in [0.5, 0.6) is 0 Å². The molecule has 1 fully saturated rings. The van der Waals surface area contributed by atoms with Crippen LogP contribution in [-0.4, -0.2) is 63.8 Å². The number of primary amides is 1. The summed E-state index contributed by atoms with van der Waals surface area (Å²) in [5, 5.41) is 2.82. The highest BCUT2D eigenvalue weighted by atomic mass is 16.2. The van der Waals surface area contributed by atoms with Gasteiger partial charge in [0.1, 0.15) is 5.69 Å². The van der Waals surface area contributed by atoms with E-state index in [2.05, 4.69) is 15.3 Å². The Hall–Kier alpha value is -4.27. The number of anilines is 1. The first-order valence-corrected chi connectivity index (χ1v) is 10.6. The first kappa shape index (κ1) is 21.9. The summed E-state index contributed by atoms with van der Waals surface area (Å²) in [6.45, 7) is 3.45. The molecule has 4 rings (SSSR count). The maximum atomic E-state index is 12.8. The number of para-hydroxylation sites is 1. The second-order valence-electron chi connectivity index (χ2n) is 7.70. The summed E-state index contributed by atoms with van der Waals surface area (Å²) in [5.74, 6) is -0.446. The summed E-state index contributed by atoms with van der Waals surface area (Å²) in [6, 6.07) is 15.7. The molecule has 0 radical (unpaired) electrons. The maximum absolute atomic E-state index is 12.8. The number of benzene rings is 2. The Labute approximate surface area is 191 Å². The number of amides is 4. The van der Waals surface area contributed by atoms with Gasteiger partial charge in [-0.05, 0) is 31.2 Å². The van der Waals surface area contributed by atoms with E-state index in [1.807, 2.05) is 18.2 Å². The van der Waals surface area contributed by atoms with Gasteiger partial charge in [0.25, 0.3) is 11.8 Å². The van der Waals surface area contributed by atoms with Gasteiger partial charge in [-0.2, -0.15) is 0 Å². The molecule has 4 amide bonds. The molecule has 0 spiro atoms. The molecule has 2 heterocycles. The third kappa shape index (κ3) is 4.98. The molecule has 168 valence electrons. The summed E-state index contributed by atoms with van der Waals surface area (Å²) >= 11 is 0. The van der Waals surface area contributed by atoms with Crippen molar-refractivity contribution in [2.24, 2.45) is 5.73 Å². The fourth-order valence-electron chi connectivity index (χ4n) is 3.61. The van der Waals surface area contributed by atoms with Gasteiger partial charge in [0.15, 0.2) is 0 Å². The monoisotopic (exact) mass is 444 g/mol. The summed E-state index contributed by atoms with van der Waals surface area (Å²) in [7, 11) is 0. The van der Waals surface area contributed by atoms with Crippen molar-refractivity contribution in [3.05, 3.63) is 77.7 Å². The lowest BCUT2D eigenvalue weighted by molar-refractivity contribution is 0.0669. The summed E-state index contributed by atoms with van der Waals surface area (Å²) in [6.07, 6.45) is 1.61. The average molecular weight is 444 g/mol. The van der Waals surface area contributed by atoms with Gasteiger partial charge in [0, 0.05) is 43.0 Å². The predicted molar refractivity (Wildman–Crippen MR) is 124 cm³/mol. The van der Waals surface area contributed by atoms with E-state index in [1.165, 1.54) is 4.90 Å². The Morgan fingerprint density at radius 2 is 1.55 bits per heavy atom. The molecule has 0 aliphatic carbocycles. The van der Waals surface area contributed by atoms with Crippen LogP contribution in [0.25, 0.3) is 11.3 Å². The number of aryl methyl sites for hydroxylation is 1. The van der Waals surface area contributed by atoms with Crippen molar-refractivity contribution in [3.8, 4) is 11.3 Å². The van der Waals surface area contributed by atoms with E-state index < -0.39 is 6.03 Å². The topological polar surface area (TPSA) is 122 Å². The molecule has 3 N–H and O–H groups in total. The number of hydrogen-bond acceptors (Lipinski definition) is 5. The van der Waals surface area contributed by atoms with Crippen LogP contribution < -0.4 is 11.1 Å². The number of carbonyl (C=O) groups excluding carboxylic acids is 3. The van der Waals surface area contributed by atoms with Crippen molar-refractivity contribution in [2.75, 3.05) is 31.5 Å². The normalized spacial score (nSPS) is 13.5. The van der Waals surface area contributed by atoms with Crippen LogP contribution in [0, 0.1) is 6.92 Å². The first-order chi connectivity index (χ1) is 15.9. The quantitative estimate of drug-likeness (QED) is 0.640. The van der Waals surface area contributed by atoms with Crippen molar-refractivity contribution < 1.29 is 14.4 Å². The van der Waals surface area contributed by atoms with E-state index >= 15 is 0 Å². The van der Waals surface area contributed by atoms with Crippen molar-refractivity contribution in [2.45, 2.75) is 6.92 Å². The number of hydrogen-bond donors (Lipinski definition) is 2. The van der Waals surface area contributed by atoms with Crippen LogP contribution in [0.3, 0.4) is 0 Å². The summed E-state index contributed by atoms with van der Waals surface area (Å²) < 4.78 is 0. The third-order valence-electron chi connectivity index (χ3n) is 5.51. The molecule has 9 heteroatoms. The van der Waals surface area contributed by atoms with Gasteiger partial charge in [-0.3, -0.25) is 14.6 Å². The van der Waals surface area contributed by atoms with E-state index in [1.54, 1.807) is 54.4 Å². The van der Waals surface area contributed by atoms with Crippen LogP contribution in [-0.2, 0) is 0 Å². The van der Waals surface area contributed by atoms with E-state index in [0.717, 1.165) is 5.56 Å². The van der Waals surface area contributed by atoms with Crippen LogP contribution in [0.2, 0.25) is 0 Å². The second kappa shape index (κ2) is 9.47. The molecule has 2 aromatic carbocycles. The Balaban J connectivity index is 1.47. The number of aromatic nitrogens is 2. The minimum atomic E-state index is -0.470. The van der Waals surface area contributed by atoms with Gasteiger partial charge in [-0.25, -0.2) is 9.78 Å². The molecule has 1 aliphatic heterocycles. The number of carbonyl (C=O) groups is 3. The fourth-order valence-corrected chi connectivity index (χ4v) is 3.61. The molecule has 0 saturated carbocycles. The van der Waals surface area contributed by atoms with Gasteiger partial charge in [-0.1, -0.05) is 30.3 Å². The molecule has 0 unspecified atom stereocenters. The van der Waals surface area contributed by atoms with Crippen LogP contribution in [0.1, 0.15) is 26.5 Å². The number of nitrogens with zero attached hydrogens (tertiary/aromatic N) is 4. The molecular weight excluding hydrogens is 420 g/mol. The SMILES string of the molecule is Cc1ncc(-c2ccc(C(=O)N3CCN(C(N)=O)CC3)cc2)nc1C(=O)Nc1ccccc1. The number of piperazine rings is 1. The van der Waals surface area contributed by atoms with Crippen LogP contribution in [0.4, 0.5) is 10.5 Å². The molecule has 1 aliphatic rings. The van der Waals surface area contributed by atoms with Gasteiger partial charge >= 0.3 is 6.03 Å². The average Bonchev–Trinajstić information content (AvgIpc) is 2.84. The van der Waals surface area contributed by atoms with E-state index in [4.69, 9.17) is 5.73 Å². The predicted octanol–water partition coefficient (Wildman–Crippen LogP) is 2.54. The zero-order valence-corrected chi connectivity index (χ0v) is 18.2. The number of nitrogens with one attached hydrogen (secondary N) is 1. The van der Waals surface area contributed by atoms with Gasteiger partial charge in [-0.15, -0.1) is 0 Å². The smallest absolute Gasteiger partial charge is 0.314 e. The van der Waals surface area contributed by atoms with Crippen molar-refractivity contribution in [1.82, 2.24) is 19.8 Å². The molecule has 9 nitrogen and oxygen atoms in total. The fraction of sp³-hybridized carbons (Fsp3) is 0.208. The standard InChI is InChI=1S/C24H24N6O3/c1-16-21(22(31)27-19-5-3-2-4-6-19)28-20(15-26-16)17-7-9-18(10-8-17)23(32)29-11-13-30(14-12-29)24(25)33/h2-10,15H,11-14H2,1H3,(H2,25,33)(H,27,31). The maximum Gasteiger partial charge on any atom is 0.314 e. The minimum absolute atomic E-state index is 0.108. The van der Waals surface area contributed by atoms with E-state index in [0.29, 0.717) is 48.8 Å². The molecule has 1 aromatic heterocycles. The van der Waals surface area contributed by atoms with Crippen LogP contribution in [0.15, 0.2) is 60.8 Å². The largest absolute Gasteiger partial charge is 0.351 e. The summed E-state index contributed by atoms with van der Waals surface area (Å²) in [4.78, 5) is 48.8. The third-order valence-corrected chi connectivity index (χ3v) is 5.51. The number of nitrogens with two attached hydrogens (primary N) is 1. The van der Waals surface area contributed by atoms with Crippen LogP contribution >= 0.6 is 0 Å². The highest BCUT2D eigenvalue weighted by Gasteiger charge is 2.23. The lowest BCUT2D eigenvalue weighted by Crippen LogP contribution is -2.52. The highest BCUT2D eigenvalue weighted by Crippen LogP contribution is 2.20. The van der Waals surface area contributed by atoms with Gasteiger partial charge < -0.3 is 20.9 Å². The lowest BCUT2D eigenvalue weighted by atomic mass is 10.1.